The van der Waals surface area contributed by atoms with Crippen molar-refractivity contribution in [1.82, 2.24) is 10.3 Å². The molecular weight excluding hydrogens is 298 g/mol. The van der Waals surface area contributed by atoms with Gasteiger partial charge in [0.25, 0.3) is 0 Å². The fraction of sp³-hybridized carbons (Fsp3) is 0.400. The first kappa shape index (κ1) is 16.5. The molecular formula is C20H25N3O. The summed E-state index contributed by atoms with van der Waals surface area (Å²) in [4.78, 5) is 18.0. The molecule has 0 saturated carbocycles. The van der Waals surface area contributed by atoms with Crippen molar-refractivity contribution >= 4 is 11.7 Å². The van der Waals surface area contributed by atoms with Crippen molar-refractivity contribution in [1.29, 1.82) is 0 Å². The van der Waals surface area contributed by atoms with Crippen molar-refractivity contribution < 1.29 is 4.79 Å². The number of hydrogen-bond acceptors (Lipinski definition) is 3. The SMILES string of the molecule is CC(=O)NCc1ccc(N2C[C@H](c3ccccc3)C(C)(C)C2)nc1. The van der Waals surface area contributed by atoms with E-state index in [0.717, 1.165) is 24.5 Å². The molecule has 1 aromatic carbocycles. The van der Waals surface area contributed by atoms with Gasteiger partial charge in [0.05, 0.1) is 0 Å². The van der Waals surface area contributed by atoms with Gasteiger partial charge in [-0.05, 0) is 22.6 Å². The van der Waals surface area contributed by atoms with Gasteiger partial charge in [-0.1, -0.05) is 50.2 Å². The van der Waals surface area contributed by atoms with Crippen LogP contribution in [0.2, 0.25) is 0 Å². The average Bonchev–Trinajstić information content (AvgIpc) is 2.89. The highest BCUT2D eigenvalue weighted by Gasteiger charge is 2.40. The number of anilines is 1. The summed E-state index contributed by atoms with van der Waals surface area (Å²) in [6.07, 6.45) is 1.86. The van der Waals surface area contributed by atoms with Gasteiger partial charge in [-0.15, -0.1) is 0 Å². The highest BCUT2D eigenvalue weighted by Crippen LogP contribution is 2.43. The molecule has 4 heteroatoms. The van der Waals surface area contributed by atoms with E-state index in [4.69, 9.17) is 0 Å². The summed E-state index contributed by atoms with van der Waals surface area (Å²) < 4.78 is 0. The quantitative estimate of drug-likeness (QED) is 0.938. The fourth-order valence-electron chi connectivity index (χ4n) is 3.49. The van der Waals surface area contributed by atoms with Gasteiger partial charge in [0, 0.05) is 38.7 Å². The first-order valence-corrected chi connectivity index (χ1v) is 8.45. The molecule has 1 fully saturated rings. The summed E-state index contributed by atoms with van der Waals surface area (Å²) >= 11 is 0. The van der Waals surface area contributed by atoms with Gasteiger partial charge in [-0.2, -0.15) is 0 Å². The Hall–Kier alpha value is -2.36. The van der Waals surface area contributed by atoms with Crippen molar-refractivity contribution in [3.63, 3.8) is 0 Å². The molecule has 4 nitrogen and oxygen atoms in total. The largest absolute Gasteiger partial charge is 0.355 e. The predicted octanol–water partition coefficient (Wildman–Crippen LogP) is 3.35. The standard InChI is InChI=1S/C20H25N3O/c1-15(24)21-11-16-9-10-19(22-12-16)23-13-18(20(2,3)14-23)17-7-5-4-6-8-17/h4-10,12,18H,11,13-14H2,1-3H3,(H,21,24)/t18-/m1/s1. The normalized spacial score (nSPS) is 19.3. The summed E-state index contributed by atoms with van der Waals surface area (Å²) in [5.41, 5.74) is 2.62. The highest BCUT2D eigenvalue weighted by atomic mass is 16.1. The molecule has 24 heavy (non-hydrogen) atoms. The maximum atomic E-state index is 11.0. The summed E-state index contributed by atoms with van der Waals surface area (Å²) in [5.74, 6) is 1.48. The number of nitrogens with one attached hydrogen (secondary N) is 1. The maximum absolute atomic E-state index is 11.0. The van der Waals surface area contributed by atoms with Gasteiger partial charge in [0.2, 0.25) is 5.91 Å². The van der Waals surface area contributed by atoms with Crippen molar-refractivity contribution in [3.8, 4) is 0 Å². The van der Waals surface area contributed by atoms with Crippen LogP contribution in [0.3, 0.4) is 0 Å². The molecule has 0 unspecified atom stereocenters. The Balaban J connectivity index is 1.73. The number of hydrogen-bond donors (Lipinski definition) is 1. The second-order valence-corrected chi connectivity index (χ2v) is 7.27. The molecule has 0 radical (unpaired) electrons. The lowest BCUT2D eigenvalue weighted by Gasteiger charge is -2.25. The third-order valence-electron chi connectivity index (χ3n) is 4.82. The Morgan fingerprint density at radius 2 is 2.00 bits per heavy atom. The van der Waals surface area contributed by atoms with Crippen LogP contribution in [-0.2, 0) is 11.3 Å². The zero-order valence-corrected chi connectivity index (χ0v) is 14.6. The molecule has 1 aromatic heterocycles. The molecule has 2 heterocycles. The molecule has 0 aliphatic carbocycles. The Bertz CT molecular complexity index is 695. The molecule has 1 N–H and O–H groups in total. The van der Waals surface area contributed by atoms with E-state index in [2.05, 4.69) is 65.4 Å². The van der Waals surface area contributed by atoms with E-state index < -0.39 is 0 Å². The number of carbonyl (C=O) groups is 1. The highest BCUT2D eigenvalue weighted by molar-refractivity contribution is 5.72. The Morgan fingerprint density at radius 3 is 2.62 bits per heavy atom. The topological polar surface area (TPSA) is 45.2 Å². The van der Waals surface area contributed by atoms with Crippen LogP contribution in [0.15, 0.2) is 48.7 Å². The van der Waals surface area contributed by atoms with Gasteiger partial charge in [0.1, 0.15) is 5.82 Å². The Labute approximate surface area is 143 Å². The number of amides is 1. The molecule has 2 aromatic rings. The van der Waals surface area contributed by atoms with Crippen LogP contribution >= 0.6 is 0 Å². The van der Waals surface area contributed by atoms with Crippen LogP contribution < -0.4 is 10.2 Å². The lowest BCUT2D eigenvalue weighted by molar-refractivity contribution is -0.119. The zero-order valence-electron chi connectivity index (χ0n) is 14.6. The van der Waals surface area contributed by atoms with Gasteiger partial charge < -0.3 is 10.2 Å². The van der Waals surface area contributed by atoms with Gasteiger partial charge >= 0.3 is 0 Å². The lowest BCUT2D eigenvalue weighted by Crippen LogP contribution is -2.24. The van der Waals surface area contributed by atoms with Crippen molar-refractivity contribution in [2.45, 2.75) is 33.2 Å². The van der Waals surface area contributed by atoms with Crippen molar-refractivity contribution in [2.75, 3.05) is 18.0 Å². The number of pyridine rings is 1. The third-order valence-corrected chi connectivity index (χ3v) is 4.82. The van der Waals surface area contributed by atoms with E-state index in [0.29, 0.717) is 12.5 Å². The maximum Gasteiger partial charge on any atom is 0.217 e. The Kier molecular flexibility index (Phi) is 4.56. The second kappa shape index (κ2) is 6.63. The van der Waals surface area contributed by atoms with Crippen LogP contribution in [0.1, 0.15) is 37.8 Å². The molecule has 1 saturated heterocycles. The van der Waals surface area contributed by atoms with E-state index in [1.807, 2.05) is 12.3 Å². The number of aromatic nitrogens is 1. The number of rotatable bonds is 4. The van der Waals surface area contributed by atoms with Crippen LogP contribution in [-0.4, -0.2) is 24.0 Å². The first-order chi connectivity index (χ1) is 11.5. The van der Waals surface area contributed by atoms with E-state index in [-0.39, 0.29) is 11.3 Å². The third kappa shape index (κ3) is 3.58. The van der Waals surface area contributed by atoms with E-state index >= 15 is 0 Å². The molecule has 0 bridgehead atoms. The summed E-state index contributed by atoms with van der Waals surface area (Å²) in [6.45, 7) is 8.68. The van der Waals surface area contributed by atoms with Crippen LogP contribution in [0, 0.1) is 5.41 Å². The van der Waals surface area contributed by atoms with Crippen molar-refractivity contribution in [2.24, 2.45) is 5.41 Å². The molecule has 1 aliphatic heterocycles. The molecule has 0 spiro atoms. The number of carbonyl (C=O) groups excluding carboxylic acids is 1. The first-order valence-electron chi connectivity index (χ1n) is 8.45. The van der Waals surface area contributed by atoms with Crippen LogP contribution in [0.25, 0.3) is 0 Å². The summed E-state index contributed by atoms with van der Waals surface area (Å²) in [5, 5.41) is 2.80. The average molecular weight is 323 g/mol. The van der Waals surface area contributed by atoms with Crippen LogP contribution in [0.4, 0.5) is 5.82 Å². The van der Waals surface area contributed by atoms with Crippen LogP contribution in [0.5, 0.6) is 0 Å². The second-order valence-electron chi connectivity index (χ2n) is 7.27. The van der Waals surface area contributed by atoms with Crippen molar-refractivity contribution in [3.05, 3.63) is 59.8 Å². The number of nitrogens with zero attached hydrogens (tertiary/aromatic N) is 2. The summed E-state index contributed by atoms with van der Waals surface area (Å²) in [7, 11) is 0. The monoisotopic (exact) mass is 323 g/mol. The molecule has 1 aliphatic rings. The minimum atomic E-state index is -0.0222. The molecule has 126 valence electrons. The minimum Gasteiger partial charge on any atom is -0.355 e. The molecule has 1 amide bonds. The van der Waals surface area contributed by atoms with Gasteiger partial charge in [-0.3, -0.25) is 4.79 Å². The van der Waals surface area contributed by atoms with E-state index in [1.165, 1.54) is 12.5 Å². The fourth-order valence-corrected chi connectivity index (χ4v) is 3.49. The molecule has 1 atom stereocenters. The number of benzene rings is 1. The predicted molar refractivity (Wildman–Crippen MR) is 96.9 cm³/mol. The van der Waals surface area contributed by atoms with E-state index in [1.54, 1.807) is 0 Å². The Morgan fingerprint density at radius 1 is 1.25 bits per heavy atom. The van der Waals surface area contributed by atoms with E-state index in [9.17, 15) is 4.79 Å². The smallest absolute Gasteiger partial charge is 0.217 e. The summed E-state index contributed by atoms with van der Waals surface area (Å²) in [6, 6.07) is 14.8. The lowest BCUT2D eigenvalue weighted by atomic mass is 9.78. The molecule has 3 rings (SSSR count). The minimum absolute atomic E-state index is 0.0222. The zero-order chi connectivity index (χ0) is 17.2. The van der Waals surface area contributed by atoms with Gasteiger partial charge in [0.15, 0.2) is 0 Å². The van der Waals surface area contributed by atoms with Gasteiger partial charge in [-0.25, -0.2) is 4.98 Å².